The lowest BCUT2D eigenvalue weighted by molar-refractivity contribution is 0.111. The van der Waals surface area contributed by atoms with Crippen LogP contribution in [0.3, 0.4) is 0 Å². The minimum atomic E-state index is 0.252. The van der Waals surface area contributed by atoms with E-state index in [0.29, 0.717) is 17.1 Å². The SMILES string of the molecule is O=Cc1cc(Br)ccc1OCc1ccno1. The summed E-state index contributed by atoms with van der Waals surface area (Å²) in [7, 11) is 0. The number of hydrogen-bond donors (Lipinski definition) is 0. The van der Waals surface area contributed by atoms with Crippen molar-refractivity contribution in [2.75, 3.05) is 0 Å². The quantitative estimate of drug-likeness (QED) is 0.809. The summed E-state index contributed by atoms with van der Waals surface area (Å²) in [6.45, 7) is 0.252. The average Bonchev–Trinajstić information content (AvgIpc) is 2.80. The smallest absolute Gasteiger partial charge is 0.174 e. The molecule has 0 spiro atoms. The first-order valence-corrected chi connectivity index (χ1v) is 5.36. The van der Waals surface area contributed by atoms with Crippen LogP contribution in [0, 0.1) is 0 Å². The molecule has 1 aromatic carbocycles. The van der Waals surface area contributed by atoms with Crippen molar-refractivity contribution in [3.8, 4) is 5.75 Å². The first kappa shape index (κ1) is 10.9. The molecule has 0 amide bonds. The van der Waals surface area contributed by atoms with Crippen LogP contribution in [0.4, 0.5) is 0 Å². The highest BCUT2D eigenvalue weighted by Gasteiger charge is 2.05. The van der Waals surface area contributed by atoms with Crippen molar-refractivity contribution in [1.82, 2.24) is 5.16 Å². The standard InChI is InChI=1S/C11H8BrNO3/c12-9-1-2-11(8(5-9)6-14)15-7-10-3-4-13-16-10/h1-6H,7H2. The predicted octanol–water partition coefficient (Wildman–Crippen LogP) is 2.83. The molecule has 0 bridgehead atoms. The van der Waals surface area contributed by atoms with Gasteiger partial charge >= 0.3 is 0 Å². The summed E-state index contributed by atoms with van der Waals surface area (Å²) in [4.78, 5) is 10.8. The van der Waals surface area contributed by atoms with Crippen LogP contribution in [0.2, 0.25) is 0 Å². The number of hydrogen-bond acceptors (Lipinski definition) is 4. The Kier molecular flexibility index (Phi) is 3.36. The number of halogens is 1. The maximum absolute atomic E-state index is 10.8. The van der Waals surface area contributed by atoms with Crippen molar-refractivity contribution in [2.24, 2.45) is 0 Å². The van der Waals surface area contributed by atoms with E-state index in [-0.39, 0.29) is 6.61 Å². The summed E-state index contributed by atoms with van der Waals surface area (Å²) < 4.78 is 11.2. The largest absolute Gasteiger partial charge is 0.485 e. The molecule has 2 rings (SSSR count). The van der Waals surface area contributed by atoms with Crippen LogP contribution < -0.4 is 4.74 Å². The molecule has 0 aliphatic rings. The molecule has 82 valence electrons. The van der Waals surface area contributed by atoms with Gasteiger partial charge in [0.2, 0.25) is 0 Å². The second-order valence-electron chi connectivity index (χ2n) is 3.07. The van der Waals surface area contributed by atoms with Gasteiger partial charge in [0.05, 0.1) is 11.8 Å². The van der Waals surface area contributed by atoms with Crippen LogP contribution in [-0.2, 0) is 6.61 Å². The molecule has 16 heavy (non-hydrogen) atoms. The minimum absolute atomic E-state index is 0.252. The molecule has 0 saturated carbocycles. The zero-order chi connectivity index (χ0) is 11.4. The molecule has 0 atom stereocenters. The van der Waals surface area contributed by atoms with Gasteiger partial charge in [-0.15, -0.1) is 0 Å². The fourth-order valence-electron chi connectivity index (χ4n) is 1.21. The monoisotopic (exact) mass is 281 g/mol. The van der Waals surface area contributed by atoms with Gasteiger partial charge in [0.1, 0.15) is 12.4 Å². The summed E-state index contributed by atoms with van der Waals surface area (Å²) in [5.74, 6) is 1.13. The number of aromatic nitrogens is 1. The van der Waals surface area contributed by atoms with E-state index >= 15 is 0 Å². The van der Waals surface area contributed by atoms with E-state index in [1.807, 2.05) is 6.07 Å². The zero-order valence-corrected chi connectivity index (χ0v) is 9.81. The van der Waals surface area contributed by atoms with Gasteiger partial charge in [0.15, 0.2) is 12.0 Å². The third-order valence-corrected chi connectivity index (χ3v) is 2.45. The predicted molar refractivity (Wildman–Crippen MR) is 60.4 cm³/mol. The van der Waals surface area contributed by atoms with Gasteiger partial charge in [-0.25, -0.2) is 0 Å². The lowest BCUT2D eigenvalue weighted by Gasteiger charge is -2.06. The summed E-state index contributed by atoms with van der Waals surface area (Å²) in [6, 6.07) is 6.94. The number of ether oxygens (including phenoxy) is 1. The Bertz CT molecular complexity index is 482. The fourth-order valence-corrected chi connectivity index (χ4v) is 1.59. The number of rotatable bonds is 4. The van der Waals surface area contributed by atoms with Gasteiger partial charge in [-0.05, 0) is 18.2 Å². The van der Waals surface area contributed by atoms with Crippen molar-refractivity contribution >= 4 is 22.2 Å². The highest BCUT2D eigenvalue weighted by molar-refractivity contribution is 9.10. The van der Waals surface area contributed by atoms with E-state index in [9.17, 15) is 4.79 Å². The van der Waals surface area contributed by atoms with Gasteiger partial charge < -0.3 is 9.26 Å². The number of carbonyl (C=O) groups excluding carboxylic acids is 1. The van der Waals surface area contributed by atoms with Crippen LogP contribution in [-0.4, -0.2) is 11.4 Å². The molecule has 1 heterocycles. The molecule has 0 aliphatic carbocycles. The molecule has 0 fully saturated rings. The maximum atomic E-state index is 10.8. The third-order valence-electron chi connectivity index (χ3n) is 1.96. The summed E-state index contributed by atoms with van der Waals surface area (Å²) >= 11 is 3.28. The Balaban J connectivity index is 2.12. The van der Waals surface area contributed by atoms with Crippen LogP contribution in [0.1, 0.15) is 16.1 Å². The molecule has 0 saturated heterocycles. The highest BCUT2D eigenvalue weighted by atomic mass is 79.9. The molecule has 0 aliphatic heterocycles. The normalized spacial score (nSPS) is 10.1. The van der Waals surface area contributed by atoms with E-state index in [4.69, 9.17) is 9.26 Å². The molecule has 1 aromatic heterocycles. The Morgan fingerprint density at radius 1 is 1.44 bits per heavy atom. The molecule has 4 nitrogen and oxygen atoms in total. The number of aldehydes is 1. The topological polar surface area (TPSA) is 52.3 Å². The summed E-state index contributed by atoms with van der Waals surface area (Å²) in [5.41, 5.74) is 0.494. The fraction of sp³-hybridized carbons (Fsp3) is 0.0909. The van der Waals surface area contributed by atoms with E-state index in [1.54, 1.807) is 24.4 Å². The van der Waals surface area contributed by atoms with Crippen molar-refractivity contribution < 1.29 is 14.1 Å². The van der Waals surface area contributed by atoms with Crippen LogP contribution >= 0.6 is 15.9 Å². The van der Waals surface area contributed by atoms with Crippen molar-refractivity contribution in [1.29, 1.82) is 0 Å². The van der Waals surface area contributed by atoms with Crippen molar-refractivity contribution in [3.63, 3.8) is 0 Å². The summed E-state index contributed by atoms with van der Waals surface area (Å²) in [6.07, 6.45) is 2.29. The summed E-state index contributed by atoms with van der Waals surface area (Å²) in [5, 5.41) is 3.56. The van der Waals surface area contributed by atoms with E-state index in [0.717, 1.165) is 10.8 Å². The molecule has 0 radical (unpaired) electrons. The molecule has 2 aromatic rings. The van der Waals surface area contributed by atoms with E-state index < -0.39 is 0 Å². The van der Waals surface area contributed by atoms with E-state index in [2.05, 4.69) is 21.1 Å². The molecule has 0 N–H and O–H groups in total. The number of nitrogens with zero attached hydrogens (tertiary/aromatic N) is 1. The third kappa shape index (κ3) is 2.49. The molecular weight excluding hydrogens is 274 g/mol. The average molecular weight is 282 g/mol. The molecule has 5 heteroatoms. The Morgan fingerprint density at radius 3 is 3.00 bits per heavy atom. The van der Waals surface area contributed by atoms with Crippen LogP contribution in [0.25, 0.3) is 0 Å². The van der Waals surface area contributed by atoms with E-state index in [1.165, 1.54) is 0 Å². The Labute approximate surface area is 100 Å². The van der Waals surface area contributed by atoms with Gasteiger partial charge in [0, 0.05) is 10.5 Å². The minimum Gasteiger partial charge on any atom is -0.485 e. The number of carbonyl (C=O) groups is 1. The van der Waals surface area contributed by atoms with Crippen molar-refractivity contribution in [3.05, 3.63) is 46.3 Å². The lowest BCUT2D eigenvalue weighted by atomic mass is 10.2. The molecule has 0 unspecified atom stereocenters. The lowest BCUT2D eigenvalue weighted by Crippen LogP contribution is -1.97. The van der Waals surface area contributed by atoms with Crippen LogP contribution in [0.15, 0.2) is 39.5 Å². The first-order valence-electron chi connectivity index (χ1n) is 4.56. The highest BCUT2D eigenvalue weighted by Crippen LogP contribution is 2.22. The Morgan fingerprint density at radius 2 is 2.31 bits per heavy atom. The first-order chi connectivity index (χ1) is 7.79. The van der Waals surface area contributed by atoms with Gasteiger partial charge in [-0.3, -0.25) is 4.79 Å². The van der Waals surface area contributed by atoms with Gasteiger partial charge in [-0.2, -0.15) is 0 Å². The second kappa shape index (κ2) is 4.94. The second-order valence-corrected chi connectivity index (χ2v) is 3.98. The van der Waals surface area contributed by atoms with Gasteiger partial charge in [-0.1, -0.05) is 21.1 Å². The van der Waals surface area contributed by atoms with Crippen LogP contribution in [0.5, 0.6) is 5.75 Å². The van der Waals surface area contributed by atoms with Crippen molar-refractivity contribution in [2.45, 2.75) is 6.61 Å². The van der Waals surface area contributed by atoms with Gasteiger partial charge in [0.25, 0.3) is 0 Å². The maximum Gasteiger partial charge on any atom is 0.174 e. The Hall–Kier alpha value is -1.62. The number of benzene rings is 1. The molecular formula is C11H8BrNO3. The zero-order valence-electron chi connectivity index (χ0n) is 8.22.